The van der Waals surface area contributed by atoms with Crippen LogP contribution in [0.5, 0.6) is 0 Å². The predicted octanol–water partition coefficient (Wildman–Crippen LogP) is 0.811. The number of nitrogens with one attached hydrogen (secondary N) is 1. The van der Waals surface area contributed by atoms with Crippen molar-refractivity contribution in [3.05, 3.63) is 23.2 Å². The molecule has 1 atom stereocenters. The topological polar surface area (TPSA) is 58.1 Å². The Morgan fingerprint density at radius 2 is 2.41 bits per heavy atom. The van der Waals surface area contributed by atoms with Gasteiger partial charge in [0.1, 0.15) is 10.8 Å². The van der Waals surface area contributed by atoms with Crippen molar-refractivity contribution < 1.29 is 4.79 Å². The van der Waals surface area contributed by atoms with Crippen molar-refractivity contribution in [2.75, 3.05) is 26.7 Å². The number of carbonyl (C=O) groups is 1. The van der Waals surface area contributed by atoms with Gasteiger partial charge in [-0.05, 0) is 25.9 Å². The molecule has 1 aromatic rings. The Hall–Kier alpha value is -1.20. The van der Waals surface area contributed by atoms with Crippen LogP contribution in [0.4, 0.5) is 0 Å². The van der Waals surface area contributed by atoms with E-state index in [1.807, 2.05) is 0 Å². The predicted molar refractivity (Wildman–Crippen MR) is 65.0 cm³/mol. The lowest BCUT2D eigenvalue weighted by Crippen LogP contribution is -2.31. The van der Waals surface area contributed by atoms with Crippen LogP contribution in [0.2, 0.25) is 5.15 Å². The van der Waals surface area contributed by atoms with Crippen molar-refractivity contribution in [1.29, 1.82) is 0 Å². The summed E-state index contributed by atoms with van der Waals surface area (Å²) >= 11 is 5.60. The van der Waals surface area contributed by atoms with Crippen LogP contribution in [0, 0.1) is 5.92 Å². The zero-order chi connectivity index (χ0) is 12.3. The number of aromatic nitrogens is 2. The number of halogens is 1. The van der Waals surface area contributed by atoms with E-state index >= 15 is 0 Å². The van der Waals surface area contributed by atoms with Gasteiger partial charge in [0.25, 0.3) is 5.91 Å². The Morgan fingerprint density at radius 1 is 1.59 bits per heavy atom. The number of rotatable bonds is 3. The summed E-state index contributed by atoms with van der Waals surface area (Å²) in [5.41, 5.74) is 0.306. The zero-order valence-electron chi connectivity index (χ0n) is 9.69. The Labute approximate surface area is 105 Å². The highest BCUT2D eigenvalue weighted by atomic mass is 35.5. The molecular formula is C11H15ClN4O. The quantitative estimate of drug-likeness (QED) is 0.867. The third kappa shape index (κ3) is 3.38. The first-order chi connectivity index (χ1) is 8.15. The van der Waals surface area contributed by atoms with Crippen LogP contribution in [0.15, 0.2) is 12.4 Å². The summed E-state index contributed by atoms with van der Waals surface area (Å²) in [5.74, 6) is 0.341. The largest absolute Gasteiger partial charge is 0.350 e. The normalized spacial score (nSPS) is 20.5. The number of hydrogen-bond donors (Lipinski definition) is 1. The highest BCUT2D eigenvalue weighted by Crippen LogP contribution is 2.12. The SMILES string of the molecule is CN1CCC(CNC(=O)c2cnc(Cl)cn2)C1. The molecule has 1 aromatic heterocycles. The van der Waals surface area contributed by atoms with Gasteiger partial charge in [0, 0.05) is 13.1 Å². The molecule has 2 heterocycles. The van der Waals surface area contributed by atoms with E-state index in [0.717, 1.165) is 19.5 Å². The Bertz CT molecular complexity index is 395. The molecule has 6 heteroatoms. The minimum Gasteiger partial charge on any atom is -0.350 e. The molecule has 1 aliphatic heterocycles. The maximum absolute atomic E-state index is 11.7. The standard InChI is InChI=1S/C11H15ClN4O/c1-16-3-2-8(7-16)4-15-11(17)9-5-14-10(12)6-13-9/h5-6,8H,2-4,7H2,1H3,(H,15,17). The van der Waals surface area contributed by atoms with Gasteiger partial charge in [0.05, 0.1) is 12.4 Å². The van der Waals surface area contributed by atoms with E-state index in [1.54, 1.807) is 0 Å². The van der Waals surface area contributed by atoms with Gasteiger partial charge in [-0.25, -0.2) is 9.97 Å². The van der Waals surface area contributed by atoms with Crippen LogP contribution in [-0.4, -0.2) is 47.5 Å². The van der Waals surface area contributed by atoms with E-state index in [0.29, 0.717) is 23.3 Å². The van der Waals surface area contributed by atoms with E-state index in [1.165, 1.54) is 12.4 Å². The zero-order valence-corrected chi connectivity index (χ0v) is 10.4. The summed E-state index contributed by atoms with van der Waals surface area (Å²) < 4.78 is 0. The Balaban J connectivity index is 1.83. The van der Waals surface area contributed by atoms with Crippen molar-refractivity contribution in [3.8, 4) is 0 Å². The van der Waals surface area contributed by atoms with Gasteiger partial charge >= 0.3 is 0 Å². The molecule has 0 aromatic carbocycles. The molecule has 5 nitrogen and oxygen atoms in total. The molecule has 1 N–H and O–H groups in total. The first-order valence-electron chi connectivity index (χ1n) is 5.59. The summed E-state index contributed by atoms with van der Waals surface area (Å²) in [6.07, 6.45) is 3.89. The van der Waals surface area contributed by atoms with E-state index in [9.17, 15) is 4.79 Å². The van der Waals surface area contributed by atoms with E-state index in [4.69, 9.17) is 11.6 Å². The van der Waals surface area contributed by atoms with E-state index in [-0.39, 0.29) is 5.91 Å². The molecular weight excluding hydrogens is 240 g/mol. The maximum Gasteiger partial charge on any atom is 0.271 e. The second-order valence-electron chi connectivity index (χ2n) is 4.35. The minimum absolute atomic E-state index is 0.191. The molecule has 0 aliphatic carbocycles. The molecule has 2 rings (SSSR count). The van der Waals surface area contributed by atoms with Gasteiger partial charge in [-0.3, -0.25) is 4.79 Å². The smallest absolute Gasteiger partial charge is 0.271 e. The van der Waals surface area contributed by atoms with Gasteiger partial charge in [0.2, 0.25) is 0 Å². The molecule has 0 saturated carbocycles. The van der Waals surface area contributed by atoms with Crippen molar-refractivity contribution >= 4 is 17.5 Å². The summed E-state index contributed by atoms with van der Waals surface area (Å²) in [6.45, 7) is 2.82. The minimum atomic E-state index is -0.191. The fourth-order valence-corrected chi connectivity index (χ4v) is 2.05. The Morgan fingerprint density at radius 3 is 3.00 bits per heavy atom. The van der Waals surface area contributed by atoms with Crippen molar-refractivity contribution in [2.24, 2.45) is 5.92 Å². The molecule has 0 bridgehead atoms. The molecule has 1 fully saturated rings. The van der Waals surface area contributed by atoms with Gasteiger partial charge in [-0.15, -0.1) is 0 Å². The monoisotopic (exact) mass is 254 g/mol. The van der Waals surface area contributed by atoms with Crippen LogP contribution >= 0.6 is 11.6 Å². The first kappa shape index (κ1) is 12.3. The average Bonchev–Trinajstić information content (AvgIpc) is 2.73. The number of carbonyl (C=O) groups excluding carboxylic acids is 1. The van der Waals surface area contributed by atoms with Gasteiger partial charge < -0.3 is 10.2 Å². The van der Waals surface area contributed by atoms with Crippen LogP contribution < -0.4 is 5.32 Å². The first-order valence-corrected chi connectivity index (χ1v) is 5.97. The van der Waals surface area contributed by atoms with E-state index < -0.39 is 0 Å². The van der Waals surface area contributed by atoms with Crippen LogP contribution in [0.3, 0.4) is 0 Å². The second kappa shape index (κ2) is 5.42. The summed E-state index contributed by atoms with van der Waals surface area (Å²) in [5, 5.41) is 3.16. The number of likely N-dealkylation sites (tertiary alicyclic amines) is 1. The van der Waals surface area contributed by atoms with Crippen molar-refractivity contribution in [3.63, 3.8) is 0 Å². The lowest BCUT2D eigenvalue weighted by atomic mass is 10.1. The summed E-state index contributed by atoms with van der Waals surface area (Å²) in [6, 6.07) is 0. The van der Waals surface area contributed by atoms with Crippen LogP contribution in [0.1, 0.15) is 16.9 Å². The molecule has 17 heavy (non-hydrogen) atoms. The van der Waals surface area contributed by atoms with Gasteiger partial charge in [0.15, 0.2) is 0 Å². The molecule has 1 unspecified atom stereocenters. The van der Waals surface area contributed by atoms with Crippen molar-refractivity contribution in [2.45, 2.75) is 6.42 Å². The van der Waals surface area contributed by atoms with Gasteiger partial charge in [-0.2, -0.15) is 0 Å². The molecule has 92 valence electrons. The van der Waals surface area contributed by atoms with Crippen LogP contribution in [-0.2, 0) is 0 Å². The second-order valence-corrected chi connectivity index (χ2v) is 4.74. The summed E-state index contributed by atoms with van der Waals surface area (Å²) in [4.78, 5) is 21.7. The number of hydrogen-bond acceptors (Lipinski definition) is 4. The lowest BCUT2D eigenvalue weighted by molar-refractivity contribution is 0.0942. The van der Waals surface area contributed by atoms with Crippen molar-refractivity contribution in [1.82, 2.24) is 20.2 Å². The summed E-state index contributed by atoms with van der Waals surface area (Å²) in [7, 11) is 2.09. The Kier molecular flexibility index (Phi) is 3.91. The fourth-order valence-electron chi connectivity index (χ4n) is 1.95. The molecule has 0 spiro atoms. The lowest BCUT2D eigenvalue weighted by Gasteiger charge is -2.11. The fraction of sp³-hybridized carbons (Fsp3) is 0.545. The number of amides is 1. The third-order valence-corrected chi connectivity index (χ3v) is 3.09. The molecule has 1 saturated heterocycles. The molecule has 0 radical (unpaired) electrons. The highest BCUT2D eigenvalue weighted by molar-refractivity contribution is 6.29. The third-order valence-electron chi connectivity index (χ3n) is 2.89. The van der Waals surface area contributed by atoms with Crippen LogP contribution in [0.25, 0.3) is 0 Å². The van der Waals surface area contributed by atoms with Gasteiger partial charge in [-0.1, -0.05) is 11.6 Å². The maximum atomic E-state index is 11.7. The molecule has 1 amide bonds. The molecule has 1 aliphatic rings. The average molecular weight is 255 g/mol. The number of nitrogens with zero attached hydrogens (tertiary/aromatic N) is 3. The highest BCUT2D eigenvalue weighted by Gasteiger charge is 2.20. The van der Waals surface area contributed by atoms with E-state index in [2.05, 4.69) is 27.2 Å².